The van der Waals surface area contributed by atoms with Crippen molar-refractivity contribution in [1.82, 2.24) is 20.2 Å². The van der Waals surface area contributed by atoms with Crippen molar-refractivity contribution in [3.05, 3.63) is 83.7 Å². The normalized spacial score (nSPS) is 10.6. The highest BCUT2D eigenvalue weighted by Crippen LogP contribution is 2.30. The van der Waals surface area contributed by atoms with Gasteiger partial charge in [0, 0.05) is 23.1 Å². The lowest BCUT2D eigenvalue weighted by atomic mass is 10.2. The van der Waals surface area contributed by atoms with Gasteiger partial charge in [-0.05, 0) is 64.5 Å². The second-order valence-corrected chi connectivity index (χ2v) is 7.80. The van der Waals surface area contributed by atoms with Gasteiger partial charge in [-0.15, -0.1) is 5.10 Å². The Labute approximate surface area is 193 Å². The lowest BCUT2D eigenvalue weighted by Crippen LogP contribution is -2.12. The number of anilines is 1. The smallest absolute Gasteiger partial charge is 0.255 e. The van der Waals surface area contributed by atoms with Crippen molar-refractivity contribution in [3.8, 4) is 17.2 Å². The molecule has 1 N–H and O–H groups in total. The third-order valence-electron chi connectivity index (χ3n) is 4.74. The second kappa shape index (κ2) is 10.1. The third kappa shape index (κ3) is 5.29. The molecule has 4 rings (SSSR count). The predicted molar refractivity (Wildman–Crippen MR) is 123 cm³/mol. The van der Waals surface area contributed by atoms with E-state index < -0.39 is 0 Å². The zero-order chi connectivity index (χ0) is 23.2. The van der Waals surface area contributed by atoms with Crippen LogP contribution < -0.4 is 14.8 Å². The third-order valence-corrected chi connectivity index (χ3v) is 5.73. The van der Waals surface area contributed by atoms with Crippen LogP contribution in [0.15, 0.2) is 71.9 Å². The Bertz CT molecular complexity index is 1250. The molecule has 4 aromatic rings. The number of benzene rings is 3. The van der Waals surface area contributed by atoms with Crippen molar-refractivity contribution < 1.29 is 18.7 Å². The molecule has 33 heavy (non-hydrogen) atoms. The number of thioether (sulfide) groups is 1. The molecule has 168 valence electrons. The van der Waals surface area contributed by atoms with E-state index >= 15 is 0 Å². The van der Waals surface area contributed by atoms with Crippen LogP contribution in [0.2, 0.25) is 0 Å². The Morgan fingerprint density at radius 3 is 2.42 bits per heavy atom. The molecule has 0 fully saturated rings. The van der Waals surface area contributed by atoms with E-state index in [4.69, 9.17) is 9.47 Å². The van der Waals surface area contributed by atoms with Crippen LogP contribution in [-0.2, 0) is 5.75 Å². The minimum atomic E-state index is -0.274. The Morgan fingerprint density at radius 1 is 1.00 bits per heavy atom. The van der Waals surface area contributed by atoms with E-state index in [-0.39, 0.29) is 11.7 Å². The fourth-order valence-corrected chi connectivity index (χ4v) is 3.88. The van der Waals surface area contributed by atoms with Crippen molar-refractivity contribution >= 4 is 23.4 Å². The van der Waals surface area contributed by atoms with Crippen LogP contribution in [0.3, 0.4) is 0 Å². The molecule has 1 aromatic heterocycles. The topological polar surface area (TPSA) is 91.2 Å². The number of carbonyl (C=O) groups is 1. The number of tetrazole rings is 1. The zero-order valence-electron chi connectivity index (χ0n) is 17.9. The molecule has 8 nitrogen and oxygen atoms in total. The Balaban J connectivity index is 1.44. The summed E-state index contributed by atoms with van der Waals surface area (Å²) in [7, 11) is 3.09. The van der Waals surface area contributed by atoms with Gasteiger partial charge in [-0.25, -0.2) is 4.39 Å². The molecule has 0 aliphatic heterocycles. The van der Waals surface area contributed by atoms with Crippen LogP contribution in [0, 0.1) is 5.82 Å². The van der Waals surface area contributed by atoms with Crippen LogP contribution in [0.25, 0.3) is 5.69 Å². The van der Waals surface area contributed by atoms with Crippen molar-refractivity contribution in [2.24, 2.45) is 0 Å². The molecule has 0 saturated carbocycles. The van der Waals surface area contributed by atoms with Gasteiger partial charge in [0.15, 0.2) is 11.5 Å². The molecular weight excluding hydrogens is 445 g/mol. The zero-order valence-corrected chi connectivity index (χ0v) is 18.7. The largest absolute Gasteiger partial charge is 0.493 e. The minimum Gasteiger partial charge on any atom is -0.493 e. The van der Waals surface area contributed by atoms with E-state index in [2.05, 4.69) is 20.8 Å². The first-order chi connectivity index (χ1) is 16.1. The van der Waals surface area contributed by atoms with Gasteiger partial charge >= 0.3 is 0 Å². The average molecular weight is 466 g/mol. The van der Waals surface area contributed by atoms with Crippen molar-refractivity contribution in [2.75, 3.05) is 19.5 Å². The molecule has 0 bridgehead atoms. The van der Waals surface area contributed by atoms with Crippen LogP contribution in [0.1, 0.15) is 15.9 Å². The van der Waals surface area contributed by atoms with Gasteiger partial charge in [-0.2, -0.15) is 4.68 Å². The average Bonchev–Trinajstić information content (AvgIpc) is 3.32. The molecule has 0 aliphatic rings. The number of methoxy groups -OCH3 is 2. The number of amides is 1. The SMILES string of the molecule is COc1ccc(NC(=O)c2ccc(-n3nnnc3SCc3ccc(F)cc3)cc2)cc1OC. The lowest BCUT2D eigenvalue weighted by Gasteiger charge is -2.11. The van der Waals surface area contributed by atoms with Gasteiger partial charge in [0.25, 0.3) is 5.91 Å². The first-order valence-corrected chi connectivity index (χ1v) is 10.9. The lowest BCUT2D eigenvalue weighted by molar-refractivity contribution is 0.102. The molecule has 0 unspecified atom stereocenters. The summed E-state index contributed by atoms with van der Waals surface area (Å²) in [6, 6.07) is 18.4. The number of hydrogen-bond donors (Lipinski definition) is 1. The summed E-state index contributed by atoms with van der Waals surface area (Å²) in [5.41, 5.74) is 2.73. The number of carbonyl (C=O) groups excluding carboxylic acids is 1. The van der Waals surface area contributed by atoms with Gasteiger partial charge < -0.3 is 14.8 Å². The first kappa shape index (κ1) is 22.3. The highest BCUT2D eigenvalue weighted by Gasteiger charge is 2.12. The molecule has 1 amide bonds. The van der Waals surface area contributed by atoms with E-state index in [1.165, 1.54) is 31.0 Å². The first-order valence-electron chi connectivity index (χ1n) is 9.87. The predicted octanol–water partition coefficient (Wildman–Crippen LogP) is 4.36. The Kier molecular flexibility index (Phi) is 6.84. The van der Waals surface area contributed by atoms with Crippen molar-refractivity contribution in [1.29, 1.82) is 0 Å². The molecule has 3 aromatic carbocycles. The van der Waals surface area contributed by atoms with Crippen LogP contribution in [-0.4, -0.2) is 40.3 Å². The summed E-state index contributed by atoms with van der Waals surface area (Å²) >= 11 is 1.43. The van der Waals surface area contributed by atoms with E-state index in [0.29, 0.717) is 39.3 Å². The van der Waals surface area contributed by atoms with E-state index in [0.717, 1.165) is 5.56 Å². The van der Waals surface area contributed by atoms with E-state index in [1.54, 1.807) is 66.4 Å². The highest BCUT2D eigenvalue weighted by atomic mass is 32.2. The van der Waals surface area contributed by atoms with Gasteiger partial charge in [0.1, 0.15) is 5.82 Å². The van der Waals surface area contributed by atoms with Crippen LogP contribution in [0.5, 0.6) is 11.5 Å². The van der Waals surface area contributed by atoms with Crippen molar-refractivity contribution in [3.63, 3.8) is 0 Å². The molecule has 0 aliphatic carbocycles. The summed E-state index contributed by atoms with van der Waals surface area (Å²) < 4.78 is 25.1. The summed E-state index contributed by atoms with van der Waals surface area (Å²) in [5, 5.41) is 15.3. The maximum absolute atomic E-state index is 13.1. The number of rotatable bonds is 8. The number of aromatic nitrogens is 4. The monoisotopic (exact) mass is 465 g/mol. The fraction of sp³-hybridized carbons (Fsp3) is 0.130. The second-order valence-electron chi connectivity index (χ2n) is 6.86. The van der Waals surface area contributed by atoms with Gasteiger partial charge in [0.05, 0.1) is 19.9 Å². The summed E-state index contributed by atoms with van der Waals surface area (Å²) in [6.45, 7) is 0. The number of nitrogens with zero attached hydrogens (tertiary/aromatic N) is 4. The fourth-order valence-electron chi connectivity index (χ4n) is 3.03. The van der Waals surface area contributed by atoms with Crippen molar-refractivity contribution in [2.45, 2.75) is 10.9 Å². The summed E-state index contributed by atoms with van der Waals surface area (Å²) in [4.78, 5) is 12.7. The molecule has 0 radical (unpaired) electrons. The number of ether oxygens (including phenoxy) is 2. The Morgan fingerprint density at radius 2 is 1.73 bits per heavy atom. The maximum Gasteiger partial charge on any atom is 0.255 e. The van der Waals surface area contributed by atoms with Gasteiger partial charge in [-0.1, -0.05) is 23.9 Å². The summed E-state index contributed by atoms with van der Waals surface area (Å²) in [5.74, 6) is 1.15. The number of halogens is 1. The van der Waals surface area contributed by atoms with Gasteiger partial charge in [-0.3, -0.25) is 4.79 Å². The summed E-state index contributed by atoms with van der Waals surface area (Å²) in [6.07, 6.45) is 0. The van der Waals surface area contributed by atoms with Crippen LogP contribution >= 0.6 is 11.8 Å². The number of nitrogens with one attached hydrogen (secondary N) is 1. The van der Waals surface area contributed by atoms with Crippen LogP contribution in [0.4, 0.5) is 10.1 Å². The van der Waals surface area contributed by atoms with E-state index in [9.17, 15) is 9.18 Å². The maximum atomic E-state index is 13.1. The molecule has 0 spiro atoms. The van der Waals surface area contributed by atoms with Gasteiger partial charge in [0.2, 0.25) is 5.16 Å². The molecule has 0 saturated heterocycles. The standard InChI is InChI=1S/C23H20FN5O3S/c1-31-20-12-9-18(13-21(20)32-2)25-22(30)16-5-10-19(11-6-16)29-23(26-27-28-29)33-14-15-3-7-17(24)8-4-15/h3-13H,14H2,1-2H3,(H,25,30). The molecule has 1 heterocycles. The van der Waals surface area contributed by atoms with E-state index in [1.807, 2.05) is 0 Å². The highest BCUT2D eigenvalue weighted by molar-refractivity contribution is 7.98. The Hall–Kier alpha value is -3.92. The molecular formula is C23H20FN5O3S. The minimum absolute atomic E-state index is 0.267. The molecule has 10 heteroatoms. The molecule has 0 atom stereocenters. The quantitative estimate of drug-likeness (QED) is 0.387. The number of hydrogen-bond acceptors (Lipinski definition) is 7.